The maximum absolute atomic E-state index is 6.16. The molecule has 0 unspecified atom stereocenters. The molecule has 4 aliphatic rings. The van der Waals surface area contributed by atoms with Crippen molar-refractivity contribution in [1.29, 1.82) is 0 Å². The number of allylic oxidation sites excluding steroid dienone is 8. The van der Waals surface area contributed by atoms with Crippen LogP contribution in [0.4, 0.5) is 0 Å². The van der Waals surface area contributed by atoms with Crippen LogP contribution < -0.4 is 9.97 Å². The van der Waals surface area contributed by atoms with Crippen LogP contribution in [0.5, 0.6) is 0 Å². The standard InChI is InChI=1S/C138H184N8.Zn/c1-29-37-45-53-61-107-89(9)127-123(128-90(10)108(62-54-46-38-30-2)116(140-128)86-120-112(66-58-50-42-34-6)94(14)132(144-120)125(101-79-103(135(17,18)19)83-104(80-101)136(20,21)22)131-93(13)111(65-57-49-41-33-5)119(143-131)85-115(107)139-127)99-75-71-97(72-76-99)69-70-98-73-77-100(78-74-98)124-129-91(11)109(63-55-47-39-31-3)117(141-129)87-121-113(67-59-51-43-35-7)95(15)133(145-121)126(102-81-105(137(23,24)25)84-106(82-102)138(26,27)28)134-96(16)114(68-60-52-44-36-8)122(146-134)88-118-110(64-56-48-40-32-4)92(12)130(124)142-118;/h71-88,139,144H,29-68H2,1-28H3;/q-2;+2. The number of aromatic amines is 2. The van der Waals surface area contributed by atoms with Gasteiger partial charge in [-0.25, -0.2) is 19.9 Å². The number of hydrogen-bond donors (Lipinski definition) is 2. The molecule has 0 amide bonds. The molecule has 0 saturated carbocycles. The van der Waals surface area contributed by atoms with Crippen LogP contribution in [0.1, 0.15) is 521 Å². The minimum atomic E-state index is -0.107. The summed E-state index contributed by atoms with van der Waals surface area (Å²) in [7, 11) is 0. The van der Waals surface area contributed by atoms with Crippen LogP contribution in [0, 0.1) is 39.5 Å². The smallest absolute Gasteiger partial charge is 0.657 e. The molecule has 10 aromatic rings. The molecule has 4 aromatic carbocycles. The molecule has 4 aliphatic heterocycles. The van der Waals surface area contributed by atoms with Crippen molar-refractivity contribution < 1.29 is 19.5 Å². The van der Waals surface area contributed by atoms with Crippen molar-refractivity contribution in [3.63, 3.8) is 0 Å². The van der Waals surface area contributed by atoms with Crippen LogP contribution in [-0.2, 0) is 66.8 Å². The number of rotatable bonds is 44. The molecule has 14 rings (SSSR count). The number of H-pyrrole nitrogens is 2. The van der Waals surface area contributed by atoms with Crippen LogP contribution >= 0.6 is 0 Å². The molecule has 0 radical (unpaired) electrons. The van der Waals surface area contributed by atoms with Gasteiger partial charge in [0.05, 0.1) is 56.6 Å². The van der Waals surface area contributed by atoms with E-state index in [-0.39, 0.29) is 41.1 Å². The fourth-order valence-electron chi connectivity index (χ4n) is 23.2. The molecule has 778 valence electrons. The number of nitrogens with zero attached hydrogens (tertiary/aromatic N) is 6. The molecule has 0 saturated heterocycles. The average Bonchev–Trinajstić information content (AvgIpc) is 1.59. The van der Waals surface area contributed by atoms with E-state index in [0.29, 0.717) is 0 Å². The molecule has 16 bridgehead atoms. The van der Waals surface area contributed by atoms with Crippen LogP contribution in [0.15, 0.2) is 109 Å². The van der Waals surface area contributed by atoms with Gasteiger partial charge in [0.1, 0.15) is 0 Å². The molecule has 6 aromatic heterocycles. The molecule has 0 fully saturated rings. The third-order valence-electron chi connectivity index (χ3n) is 32.8. The molecular formula is C138H184N8Zn. The van der Waals surface area contributed by atoms with Crippen molar-refractivity contribution in [2.24, 2.45) is 0 Å². The molecule has 0 atom stereocenters. The summed E-state index contributed by atoms with van der Waals surface area (Å²) in [6.07, 6.45) is 44.9. The zero-order valence-electron chi connectivity index (χ0n) is 97.1. The number of hydrogen-bond acceptors (Lipinski definition) is 4. The molecule has 9 heteroatoms. The Bertz CT molecular complexity index is 6400. The van der Waals surface area contributed by atoms with E-state index in [1.165, 1.54) is 280 Å². The van der Waals surface area contributed by atoms with Crippen LogP contribution in [0.2, 0.25) is 0 Å². The van der Waals surface area contributed by atoms with Crippen LogP contribution in [0.3, 0.4) is 0 Å². The largest absolute Gasteiger partial charge is 2.00 e. The van der Waals surface area contributed by atoms with Crippen molar-refractivity contribution in [2.45, 2.75) is 472 Å². The SMILES string of the molecule is CCCCCCC1=C(C)c2nc1cc1[n-]c(c(C)c1CCCCCC)c(-c1ccc(C#Cc3ccc(-c4c5nc(cc6[nH]c(c(C)c6CCCCCC)c(-c6cc(C(C)(C)C)cc(C(C)(C)C)c6)c6nc(cc7[nH]c4c(C)c7CCCCCC)C(CCCCCC)=C6C)C(CCCCCC)=C5C)cc3)cc1)c1nc(cc3[n-]c(c(C)c3CCCCCC)c2-c2cc(C(C)(C)C)cc(C(C)(C)C)c2)C(CCCCCC)=C1C.[Zn+2]. The van der Waals surface area contributed by atoms with Gasteiger partial charge in [0.15, 0.2) is 0 Å². The summed E-state index contributed by atoms with van der Waals surface area (Å²) >= 11 is 0. The number of aromatic nitrogens is 8. The maximum Gasteiger partial charge on any atom is 2.00 e. The summed E-state index contributed by atoms with van der Waals surface area (Å²) in [5.41, 5.74) is 54.2. The van der Waals surface area contributed by atoms with Gasteiger partial charge in [-0.3, -0.25) is 0 Å². The quantitative estimate of drug-likeness (QED) is 0.0224. The summed E-state index contributed by atoms with van der Waals surface area (Å²) in [5, 5.41) is 0. The van der Waals surface area contributed by atoms with Crippen molar-refractivity contribution in [3.05, 3.63) is 233 Å². The van der Waals surface area contributed by atoms with Crippen LogP contribution in [-0.4, -0.2) is 29.9 Å². The first-order valence-corrected chi connectivity index (χ1v) is 58.3. The van der Waals surface area contributed by atoms with Gasteiger partial charge in [-0.15, -0.1) is 22.1 Å². The number of unbranched alkanes of at least 4 members (excludes halogenated alkanes) is 24. The van der Waals surface area contributed by atoms with Gasteiger partial charge >= 0.3 is 19.5 Å². The third-order valence-corrected chi connectivity index (χ3v) is 32.8. The molecule has 0 aliphatic carbocycles. The van der Waals surface area contributed by atoms with Crippen molar-refractivity contribution in [2.75, 3.05) is 0 Å². The second kappa shape index (κ2) is 51.4. The Kier molecular flexibility index (Phi) is 40.0. The Hall–Kier alpha value is -9.74. The van der Waals surface area contributed by atoms with Crippen molar-refractivity contribution in [3.8, 4) is 56.3 Å². The van der Waals surface area contributed by atoms with Gasteiger partial charge < -0.3 is 19.9 Å². The Morgan fingerprint density at radius 2 is 0.490 bits per heavy atom. The predicted molar refractivity (Wildman–Crippen MR) is 638 cm³/mol. The topological polar surface area (TPSA) is 111 Å². The van der Waals surface area contributed by atoms with E-state index in [4.69, 9.17) is 29.9 Å². The molecule has 0 spiro atoms. The molecule has 147 heavy (non-hydrogen) atoms. The first kappa shape index (κ1) is 114. The zero-order valence-corrected chi connectivity index (χ0v) is 100. The van der Waals surface area contributed by atoms with Gasteiger partial charge in [0.25, 0.3) is 0 Å². The van der Waals surface area contributed by atoms with Gasteiger partial charge in [-0.2, -0.15) is 0 Å². The Balaban J connectivity index is 0.0000181. The van der Waals surface area contributed by atoms with E-state index < -0.39 is 0 Å². The second-order valence-electron chi connectivity index (χ2n) is 48.3. The Morgan fingerprint density at radius 1 is 0.252 bits per heavy atom. The number of benzene rings is 4. The third kappa shape index (κ3) is 26.7. The van der Waals surface area contributed by atoms with E-state index in [9.17, 15) is 0 Å². The Labute approximate surface area is 902 Å². The minimum absolute atomic E-state index is 0. The average molecular weight is 2020 g/mol. The normalized spacial score (nSPS) is 13.2. The van der Waals surface area contributed by atoms with E-state index in [1.54, 1.807) is 0 Å². The molecule has 2 N–H and O–H groups in total. The summed E-state index contributed by atoms with van der Waals surface area (Å²) in [6.45, 7) is 66.3. The first-order chi connectivity index (χ1) is 70.0. The van der Waals surface area contributed by atoms with Gasteiger partial charge in [-0.1, -0.05) is 399 Å². The van der Waals surface area contributed by atoms with Crippen molar-refractivity contribution >= 4 is 88.7 Å². The molecule has 10 heterocycles. The number of fused-ring (bicyclic) bond motifs is 16. The number of aryl methyl sites for hydroxylation is 8. The Morgan fingerprint density at radius 3 is 0.769 bits per heavy atom. The van der Waals surface area contributed by atoms with Gasteiger partial charge in [0, 0.05) is 33.3 Å². The van der Waals surface area contributed by atoms with Crippen molar-refractivity contribution in [1.82, 2.24) is 39.9 Å². The summed E-state index contributed by atoms with van der Waals surface area (Å²) in [5.74, 6) is 7.52. The molecule has 8 nitrogen and oxygen atoms in total. The predicted octanol–water partition coefficient (Wildman–Crippen LogP) is 40.8. The fourth-order valence-corrected chi connectivity index (χ4v) is 23.2. The van der Waals surface area contributed by atoms with Crippen LogP contribution in [0.25, 0.3) is 133 Å². The van der Waals surface area contributed by atoms with E-state index in [1.807, 2.05) is 0 Å². The monoisotopic (exact) mass is 2020 g/mol. The number of nitrogens with one attached hydrogen (secondary N) is 2. The summed E-state index contributed by atoms with van der Waals surface area (Å²) in [6, 6.07) is 43.2. The fraction of sp³-hybridized carbons (Fsp3) is 0.522. The van der Waals surface area contributed by atoms with E-state index in [0.717, 1.165) is 233 Å². The molecular weight excluding hydrogens is 1830 g/mol. The van der Waals surface area contributed by atoms with E-state index >= 15 is 0 Å². The van der Waals surface area contributed by atoms with Gasteiger partial charge in [-0.05, 0) is 339 Å². The zero-order chi connectivity index (χ0) is 105. The second-order valence-corrected chi connectivity index (χ2v) is 48.3. The van der Waals surface area contributed by atoms with Gasteiger partial charge in [0.2, 0.25) is 0 Å². The maximum atomic E-state index is 6.16. The summed E-state index contributed by atoms with van der Waals surface area (Å²) in [4.78, 5) is 45.5. The first-order valence-electron chi connectivity index (χ1n) is 58.3. The minimum Gasteiger partial charge on any atom is -0.657 e. The van der Waals surface area contributed by atoms with E-state index in [2.05, 4.69) is 325 Å². The summed E-state index contributed by atoms with van der Waals surface area (Å²) < 4.78 is 0.